The van der Waals surface area contributed by atoms with E-state index in [-0.39, 0.29) is 13.0 Å². The van der Waals surface area contributed by atoms with Gasteiger partial charge in [0.25, 0.3) is 0 Å². The topological polar surface area (TPSA) is 175 Å². The van der Waals surface area contributed by atoms with Crippen LogP contribution in [0.15, 0.2) is 24.3 Å². The summed E-state index contributed by atoms with van der Waals surface area (Å²) in [5.41, 5.74) is 0. The molecule has 0 aliphatic carbocycles. The highest BCUT2D eigenvalue weighted by Gasteiger charge is 2.47. The number of unbranched alkanes of at least 4 members (excludes halogenated alkanes) is 33. The third kappa shape index (κ3) is 35.8. The largest absolute Gasteiger partial charge is 0.454 e. The summed E-state index contributed by atoms with van der Waals surface area (Å²) in [5, 5.41) is 56.7. The second kappa shape index (κ2) is 47.2. The summed E-state index contributed by atoms with van der Waals surface area (Å²) in [6.07, 6.45) is 42.2. The molecule has 8 unspecified atom stereocenters. The van der Waals surface area contributed by atoms with E-state index in [9.17, 15) is 35.1 Å². The second-order valence-electron chi connectivity index (χ2n) is 20.4. The van der Waals surface area contributed by atoms with Crippen LogP contribution in [0.5, 0.6) is 0 Å². The van der Waals surface area contributed by atoms with Crippen LogP contribution in [0.3, 0.4) is 0 Å². The van der Waals surface area contributed by atoms with E-state index in [1.807, 2.05) is 6.08 Å². The van der Waals surface area contributed by atoms with Crippen molar-refractivity contribution in [3.63, 3.8) is 0 Å². The molecule has 6 N–H and O–H groups in total. The molecule has 0 saturated carbocycles. The Morgan fingerprint density at radius 1 is 0.551 bits per heavy atom. The molecule has 8 atom stereocenters. The zero-order valence-corrected chi connectivity index (χ0v) is 44.7. The molecular weight excluding hydrogens is 871 g/mol. The van der Waals surface area contributed by atoms with E-state index >= 15 is 0 Å². The monoisotopic (exact) mass is 980 g/mol. The van der Waals surface area contributed by atoms with Gasteiger partial charge in [-0.05, 0) is 51.4 Å². The molecule has 0 aromatic rings. The molecule has 1 fully saturated rings. The lowest BCUT2D eigenvalue weighted by molar-refractivity contribution is -0.305. The number of amides is 1. The zero-order valence-electron chi connectivity index (χ0n) is 44.7. The summed E-state index contributed by atoms with van der Waals surface area (Å²) in [7, 11) is 0. The number of rotatable bonds is 49. The van der Waals surface area contributed by atoms with E-state index in [1.165, 1.54) is 154 Å². The fourth-order valence-electron chi connectivity index (χ4n) is 9.18. The number of hydrogen-bond donors (Lipinski definition) is 6. The van der Waals surface area contributed by atoms with Gasteiger partial charge in [-0.3, -0.25) is 9.59 Å². The van der Waals surface area contributed by atoms with Gasteiger partial charge in [0.05, 0.1) is 25.4 Å². The first-order valence-corrected chi connectivity index (χ1v) is 29.1. The zero-order chi connectivity index (χ0) is 50.4. The van der Waals surface area contributed by atoms with Crippen molar-refractivity contribution >= 4 is 11.9 Å². The Kier molecular flexibility index (Phi) is 44.5. The van der Waals surface area contributed by atoms with E-state index in [0.717, 1.165) is 70.6 Å². The van der Waals surface area contributed by atoms with Crippen LogP contribution >= 0.6 is 0 Å². The van der Waals surface area contributed by atoms with Gasteiger partial charge in [-0.25, -0.2) is 0 Å². The van der Waals surface area contributed by atoms with Crippen LogP contribution in [0.4, 0.5) is 0 Å². The van der Waals surface area contributed by atoms with Crippen LogP contribution in [0, 0.1) is 0 Å². The molecular formula is C58H109NO10. The fraction of sp³-hybridized carbons (Fsp3) is 0.897. The van der Waals surface area contributed by atoms with Crippen molar-refractivity contribution in [2.75, 3.05) is 13.2 Å². The van der Waals surface area contributed by atoms with E-state index in [4.69, 9.17) is 14.2 Å². The van der Waals surface area contributed by atoms with Crippen LogP contribution in [0.1, 0.15) is 271 Å². The minimum atomic E-state index is -1.61. The Bertz CT molecular complexity index is 1220. The maximum absolute atomic E-state index is 13.3. The van der Waals surface area contributed by atoms with Crippen molar-refractivity contribution in [3.05, 3.63) is 24.3 Å². The van der Waals surface area contributed by atoms with E-state index in [1.54, 1.807) is 6.08 Å². The molecule has 1 aliphatic heterocycles. The molecule has 1 amide bonds. The number of hydrogen-bond acceptors (Lipinski definition) is 10. The van der Waals surface area contributed by atoms with Gasteiger partial charge >= 0.3 is 5.97 Å². The Morgan fingerprint density at radius 2 is 0.957 bits per heavy atom. The third-order valence-electron chi connectivity index (χ3n) is 13.9. The van der Waals surface area contributed by atoms with Gasteiger partial charge in [0.2, 0.25) is 5.91 Å². The summed E-state index contributed by atoms with van der Waals surface area (Å²) in [6.45, 7) is 5.77. The molecule has 0 spiro atoms. The summed E-state index contributed by atoms with van der Waals surface area (Å²) >= 11 is 0. The van der Waals surface area contributed by atoms with Crippen LogP contribution in [0.2, 0.25) is 0 Å². The molecule has 0 radical (unpaired) electrons. The molecule has 1 aliphatic rings. The van der Waals surface area contributed by atoms with E-state index in [0.29, 0.717) is 19.3 Å². The van der Waals surface area contributed by atoms with Crippen molar-refractivity contribution in [1.29, 1.82) is 0 Å². The molecule has 69 heavy (non-hydrogen) atoms. The van der Waals surface area contributed by atoms with Gasteiger partial charge in [0, 0.05) is 6.42 Å². The Morgan fingerprint density at radius 3 is 1.41 bits per heavy atom. The first-order chi connectivity index (χ1) is 33.7. The highest BCUT2D eigenvalue weighted by Crippen LogP contribution is 2.26. The number of aliphatic hydroxyl groups excluding tert-OH is 5. The summed E-state index contributed by atoms with van der Waals surface area (Å²) in [6, 6.07) is -1.02. The van der Waals surface area contributed by atoms with Gasteiger partial charge in [0.15, 0.2) is 12.4 Å². The Hall–Kier alpha value is -1.86. The maximum Gasteiger partial charge on any atom is 0.306 e. The first kappa shape index (κ1) is 65.2. The van der Waals surface area contributed by atoms with Gasteiger partial charge in [-0.2, -0.15) is 0 Å². The van der Waals surface area contributed by atoms with Gasteiger partial charge in [-0.1, -0.05) is 238 Å². The van der Waals surface area contributed by atoms with Crippen LogP contribution in [-0.4, -0.2) is 99.6 Å². The number of esters is 1. The average Bonchev–Trinajstić information content (AvgIpc) is 3.34. The van der Waals surface area contributed by atoms with Crippen LogP contribution in [0.25, 0.3) is 0 Å². The maximum atomic E-state index is 13.3. The highest BCUT2D eigenvalue weighted by molar-refractivity contribution is 5.80. The second-order valence-corrected chi connectivity index (χ2v) is 20.4. The van der Waals surface area contributed by atoms with Gasteiger partial charge < -0.3 is 45.1 Å². The number of allylic oxidation sites excluding steroid dienone is 3. The third-order valence-corrected chi connectivity index (χ3v) is 13.9. The van der Waals surface area contributed by atoms with E-state index in [2.05, 4.69) is 38.2 Å². The lowest BCUT2D eigenvalue weighted by atomic mass is 9.99. The van der Waals surface area contributed by atoms with Crippen molar-refractivity contribution < 1.29 is 49.3 Å². The predicted molar refractivity (Wildman–Crippen MR) is 283 cm³/mol. The van der Waals surface area contributed by atoms with Gasteiger partial charge in [0.1, 0.15) is 24.4 Å². The lowest BCUT2D eigenvalue weighted by Gasteiger charge is -2.41. The van der Waals surface area contributed by atoms with Crippen molar-refractivity contribution in [3.8, 4) is 0 Å². The minimum Gasteiger partial charge on any atom is -0.454 e. The van der Waals surface area contributed by atoms with Crippen LogP contribution < -0.4 is 5.32 Å². The highest BCUT2D eigenvalue weighted by atomic mass is 16.7. The number of nitrogens with one attached hydrogen (secondary N) is 1. The molecule has 0 aromatic carbocycles. The van der Waals surface area contributed by atoms with Crippen LogP contribution in [-0.2, 0) is 23.8 Å². The number of carbonyl (C=O) groups excluding carboxylic acids is 2. The first-order valence-electron chi connectivity index (χ1n) is 29.1. The average molecular weight is 981 g/mol. The van der Waals surface area contributed by atoms with Gasteiger partial charge in [-0.15, -0.1) is 0 Å². The van der Waals surface area contributed by atoms with Crippen molar-refractivity contribution in [2.45, 2.75) is 320 Å². The molecule has 0 bridgehead atoms. The molecule has 1 heterocycles. The SMILES string of the molecule is CCCCCCCC/C=C/CCCCCCCCCC(=O)OC1C(OCC(NC(=O)C(O)CCCCCCCCCCCCCC)C(O)/C=C/CCCCCCCCCCC)OC(CO)C(O)C1O. The molecule has 1 rings (SSSR count). The molecule has 11 heteroatoms. The summed E-state index contributed by atoms with van der Waals surface area (Å²) in [5.74, 6) is -1.19. The minimum absolute atomic E-state index is 0.122. The molecule has 406 valence electrons. The summed E-state index contributed by atoms with van der Waals surface area (Å²) in [4.78, 5) is 26.4. The van der Waals surface area contributed by atoms with E-state index < -0.39 is 67.4 Å². The number of ether oxygens (including phenoxy) is 3. The predicted octanol–water partition coefficient (Wildman–Crippen LogP) is 12.9. The molecule has 0 aromatic heterocycles. The molecule has 1 saturated heterocycles. The van der Waals surface area contributed by atoms with Crippen molar-refractivity contribution in [1.82, 2.24) is 5.32 Å². The number of aliphatic hydroxyl groups is 5. The normalized spacial score (nSPS) is 19.9. The Labute approximate surface area is 422 Å². The molecule has 11 nitrogen and oxygen atoms in total. The van der Waals surface area contributed by atoms with Crippen molar-refractivity contribution in [2.24, 2.45) is 0 Å². The smallest absolute Gasteiger partial charge is 0.306 e. The Balaban J connectivity index is 2.70. The lowest BCUT2D eigenvalue weighted by Crippen LogP contribution is -2.61. The number of carbonyl (C=O) groups is 2. The quantitative estimate of drug-likeness (QED) is 0.0196. The fourth-order valence-corrected chi connectivity index (χ4v) is 9.18. The standard InChI is InChI=1S/C58H109NO10/c1-4-7-10-13-16-19-22-24-25-26-27-28-31-34-37-40-43-46-53(63)69-56-55(65)54(64)52(47-60)68-58(56)67-48-49(50(61)44-41-38-35-32-29-21-18-15-12-9-6-3)59-57(66)51(62)45-42-39-36-33-30-23-20-17-14-11-8-5-2/h24-25,41,44,49-52,54-56,58,60-62,64-65H,4-23,26-40,42-43,45-48H2,1-3H3,(H,59,66)/b25-24+,44-41+. The summed E-state index contributed by atoms with van der Waals surface area (Å²) < 4.78 is 17.6.